The van der Waals surface area contributed by atoms with Crippen molar-refractivity contribution in [3.8, 4) is 0 Å². The summed E-state index contributed by atoms with van der Waals surface area (Å²) in [6, 6.07) is 0.287. The van der Waals surface area contributed by atoms with Crippen molar-refractivity contribution in [2.45, 2.75) is 45.6 Å². The van der Waals surface area contributed by atoms with Gasteiger partial charge in [-0.05, 0) is 32.3 Å². The third-order valence-electron chi connectivity index (χ3n) is 4.06. The summed E-state index contributed by atoms with van der Waals surface area (Å²) in [7, 11) is 1.81. The average molecular weight is 264 g/mol. The zero-order valence-electron chi connectivity index (χ0n) is 11.6. The van der Waals surface area contributed by atoms with Crippen molar-refractivity contribution in [3.63, 3.8) is 0 Å². The minimum absolute atomic E-state index is 0.0781. The lowest BCUT2D eigenvalue weighted by Crippen LogP contribution is -2.35. The maximum atomic E-state index is 12.5. The van der Waals surface area contributed by atoms with Crippen LogP contribution in [0.1, 0.15) is 57.8 Å². The molecule has 0 bridgehead atoms. The number of carbonyl (C=O) groups is 2. The second-order valence-electron chi connectivity index (χ2n) is 5.28. The van der Waals surface area contributed by atoms with Gasteiger partial charge in [-0.25, -0.2) is 4.79 Å². The van der Waals surface area contributed by atoms with Gasteiger partial charge in [0.15, 0.2) is 0 Å². The van der Waals surface area contributed by atoms with Crippen LogP contribution in [-0.2, 0) is 0 Å². The first-order chi connectivity index (χ1) is 8.93. The molecular formula is C14H20N2O3. The predicted octanol–water partition coefficient (Wildman–Crippen LogP) is 2.34. The Bertz CT molecular complexity index is 513. The molecule has 0 unspecified atom stereocenters. The number of carboxylic acid groups (broad SMARTS) is 1. The van der Waals surface area contributed by atoms with E-state index in [1.54, 1.807) is 18.7 Å². The number of amides is 1. The number of hydrogen-bond acceptors (Lipinski definition) is 2. The lowest BCUT2D eigenvalue weighted by Gasteiger charge is -2.24. The SMILES string of the molecule is Cc1[nH]c(C(=O)O)c(C)c1C(=O)N(C)C1CCCC1. The lowest BCUT2D eigenvalue weighted by molar-refractivity contribution is 0.0690. The first kappa shape index (κ1) is 13.6. The molecule has 1 saturated carbocycles. The minimum atomic E-state index is -1.02. The van der Waals surface area contributed by atoms with Crippen LogP contribution in [0.25, 0.3) is 0 Å². The summed E-state index contributed by atoms with van der Waals surface area (Å²) in [6.45, 7) is 3.43. The van der Waals surface area contributed by atoms with E-state index in [9.17, 15) is 9.59 Å². The molecule has 0 spiro atoms. The fraction of sp³-hybridized carbons (Fsp3) is 0.571. The summed E-state index contributed by atoms with van der Waals surface area (Å²) < 4.78 is 0. The number of aryl methyl sites for hydroxylation is 1. The van der Waals surface area contributed by atoms with E-state index in [-0.39, 0.29) is 17.6 Å². The van der Waals surface area contributed by atoms with Crippen molar-refractivity contribution in [1.82, 2.24) is 9.88 Å². The van der Waals surface area contributed by atoms with Crippen molar-refractivity contribution < 1.29 is 14.7 Å². The van der Waals surface area contributed by atoms with Crippen molar-refractivity contribution in [2.75, 3.05) is 7.05 Å². The Hall–Kier alpha value is -1.78. The zero-order valence-corrected chi connectivity index (χ0v) is 11.6. The Balaban J connectivity index is 2.30. The summed E-state index contributed by atoms with van der Waals surface area (Å²) in [5.74, 6) is -1.10. The molecule has 1 aliphatic rings. The first-order valence-electron chi connectivity index (χ1n) is 6.63. The molecule has 0 aromatic carbocycles. The van der Waals surface area contributed by atoms with Crippen LogP contribution in [-0.4, -0.2) is 40.0 Å². The molecule has 1 amide bonds. The second-order valence-corrected chi connectivity index (χ2v) is 5.28. The van der Waals surface area contributed by atoms with Crippen LogP contribution in [0.5, 0.6) is 0 Å². The van der Waals surface area contributed by atoms with Gasteiger partial charge in [-0.3, -0.25) is 4.79 Å². The highest BCUT2D eigenvalue weighted by molar-refractivity contribution is 6.00. The van der Waals surface area contributed by atoms with E-state index >= 15 is 0 Å². The number of aromatic amines is 1. The highest BCUT2D eigenvalue weighted by Gasteiger charge is 2.28. The van der Waals surface area contributed by atoms with E-state index in [4.69, 9.17) is 5.11 Å². The molecular weight excluding hydrogens is 244 g/mol. The maximum absolute atomic E-state index is 12.5. The Kier molecular flexibility index (Phi) is 3.64. The Labute approximate surface area is 112 Å². The molecule has 0 atom stereocenters. The fourth-order valence-electron chi connectivity index (χ4n) is 2.92. The van der Waals surface area contributed by atoms with Crippen LogP contribution >= 0.6 is 0 Å². The number of nitrogens with zero attached hydrogens (tertiary/aromatic N) is 1. The van der Waals surface area contributed by atoms with Gasteiger partial charge in [0.05, 0.1) is 5.56 Å². The molecule has 5 nitrogen and oxygen atoms in total. The van der Waals surface area contributed by atoms with Gasteiger partial charge in [0.1, 0.15) is 5.69 Å². The number of carbonyl (C=O) groups excluding carboxylic acids is 1. The summed E-state index contributed by atoms with van der Waals surface area (Å²) in [5, 5.41) is 9.08. The van der Waals surface area contributed by atoms with Crippen LogP contribution < -0.4 is 0 Å². The quantitative estimate of drug-likeness (QED) is 0.880. The van der Waals surface area contributed by atoms with E-state index < -0.39 is 5.97 Å². The molecule has 0 radical (unpaired) electrons. The number of nitrogens with one attached hydrogen (secondary N) is 1. The topological polar surface area (TPSA) is 73.4 Å². The molecule has 1 aromatic heterocycles. The normalized spacial score (nSPS) is 15.7. The first-order valence-corrected chi connectivity index (χ1v) is 6.63. The monoisotopic (exact) mass is 264 g/mol. The van der Waals surface area contributed by atoms with Gasteiger partial charge in [-0.1, -0.05) is 12.8 Å². The molecule has 1 fully saturated rings. The van der Waals surface area contributed by atoms with Gasteiger partial charge in [0.2, 0.25) is 0 Å². The molecule has 5 heteroatoms. The lowest BCUT2D eigenvalue weighted by atomic mass is 10.1. The standard InChI is InChI=1S/C14H20N2O3/c1-8-11(9(2)15-12(8)14(18)19)13(17)16(3)10-6-4-5-7-10/h10,15H,4-7H2,1-3H3,(H,18,19). The van der Waals surface area contributed by atoms with Crippen LogP contribution in [0.2, 0.25) is 0 Å². The van der Waals surface area contributed by atoms with Gasteiger partial charge in [0, 0.05) is 18.8 Å². The number of rotatable bonds is 3. The van der Waals surface area contributed by atoms with Gasteiger partial charge in [0.25, 0.3) is 5.91 Å². The summed E-state index contributed by atoms with van der Waals surface area (Å²) >= 11 is 0. The molecule has 1 heterocycles. The van der Waals surface area contributed by atoms with Crippen LogP contribution in [0.3, 0.4) is 0 Å². The maximum Gasteiger partial charge on any atom is 0.352 e. The third kappa shape index (κ3) is 2.37. The van der Waals surface area contributed by atoms with Gasteiger partial charge >= 0.3 is 5.97 Å². The molecule has 2 N–H and O–H groups in total. The Morgan fingerprint density at radius 2 is 1.84 bits per heavy atom. The van der Waals surface area contributed by atoms with Crippen molar-refractivity contribution in [2.24, 2.45) is 0 Å². The van der Waals surface area contributed by atoms with Crippen LogP contribution in [0.4, 0.5) is 0 Å². The molecule has 19 heavy (non-hydrogen) atoms. The second kappa shape index (κ2) is 5.07. The fourth-order valence-corrected chi connectivity index (χ4v) is 2.92. The van der Waals surface area contributed by atoms with Crippen molar-refractivity contribution >= 4 is 11.9 Å². The Morgan fingerprint density at radius 1 is 1.26 bits per heavy atom. The van der Waals surface area contributed by atoms with Crippen molar-refractivity contribution in [3.05, 3.63) is 22.5 Å². The minimum Gasteiger partial charge on any atom is -0.477 e. The summed E-state index contributed by atoms with van der Waals surface area (Å²) in [4.78, 5) is 28.2. The number of H-pyrrole nitrogens is 1. The van der Waals surface area contributed by atoms with Crippen molar-refractivity contribution in [1.29, 1.82) is 0 Å². The molecule has 2 rings (SSSR count). The number of hydrogen-bond donors (Lipinski definition) is 2. The average Bonchev–Trinajstić information content (AvgIpc) is 2.96. The number of aromatic carboxylic acids is 1. The van der Waals surface area contributed by atoms with E-state index in [1.165, 1.54) is 0 Å². The van der Waals surface area contributed by atoms with Gasteiger partial charge in [-0.15, -0.1) is 0 Å². The van der Waals surface area contributed by atoms with Crippen LogP contribution in [0, 0.1) is 13.8 Å². The highest BCUT2D eigenvalue weighted by Crippen LogP contribution is 2.26. The van der Waals surface area contributed by atoms with E-state index in [0.717, 1.165) is 25.7 Å². The predicted molar refractivity (Wildman–Crippen MR) is 71.6 cm³/mol. The molecule has 0 aliphatic heterocycles. The Morgan fingerprint density at radius 3 is 2.32 bits per heavy atom. The zero-order chi connectivity index (χ0) is 14.2. The van der Waals surface area contributed by atoms with Gasteiger partial charge < -0.3 is 15.0 Å². The number of aromatic nitrogens is 1. The molecule has 1 aliphatic carbocycles. The van der Waals surface area contributed by atoms with E-state index in [0.29, 0.717) is 16.8 Å². The van der Waals surface area contributed by atoms with Gasteiger partial charge in [-0.2, -0.15) is 0 Å². The highest BCUT2D eigenvalue weighted by atomic mass is 16.4. The number of carboxylic acids is 1. The molecule has 0 saturated heterocycles. The third-order valence-corrected chi connectivity index (χ3v) is 4.06. The smallest absolute Gasteiger partial charge is 0.352 e. The van der Waals surface area contributed by atoms with E-state index in [2.05, 4.69) is 4.98 Å². The molecule has 104 valence electrons. The molecule has 1 aromatic rings. The van der Waals surface area contributed by atoms with E-state index in [1.807, 2.05) is 7.05 Å². The summed E-state index contributed by atoms with van der Waals surface area (Å²) in [6.07, 6.45) is 4.40. The largest absolute Gasteiger partial charge is 0.477 e. The van der Waals surface area contributed by atoms with Crippen LogP contribution in [0.15, 0.2) is 0 Å². The summed E-state index contributed by atoms with van der Waals surface area (Å²) in [5.41, 5.74) is 1.78.